The Labute approximate surface area is 138 Å². The molecular formula is C18H30O5. The Kier molecular flexibility index (Phi) is 9.14. The van der Waals surface area contributed by atoms with Crippen LogP contribution in [-0.4, -0.2) is 44.7 Å². The van der Waals surface area contributed by atoms with Gasteiger partial charge >= 0.3 is 5.97 Å². The van der Waals surface area contributed by atoms with Crippen molar-refractivity contribution in [3.05, 3.63) is 24.3 Å². The van der Waals surface area contributed by atoms with Gasteiger partial charge in [0.25, 0.3) is 0 Å². The van der Waals surface area contributed by atoms with Crippen molar-refractivity contribution in [2.24, 2.45) is 11.8 Å². The average molecular weight is 326 g/mol. The Morgan fingerprint density at radius 2 is 1.96 bits per heavy atom. The molecule has 0 aromatic heterocycles. The minimum absolute atomic E-state index is 0.0539. The lowest BCUT2D eigenvalue weighted by molar-refractivity contribution is -0.137. The van der Waals surface area contributed by atoms with E-state index in [2.05, 4.69) is 0 Å². The van der Waals surface area contributed by atoms with Gasteiger partial charge in [0.1, 0.15) is 0 Å². The Morgan fingerprint density at radius 3 is 2.61 bits per heavy atom. The molecule has 0 unspecified atom stereocenters. The summed E-state index contributed by atoms with van der Waals surface area (Å²) in [6, 6.07) is 0. The number of rotatable bonds is 10. The molecule has 1 rings (SSSR count). The number of carbonyl (C=O) groups is 1. The molecule has 5 atom stereocenters. The molecule has 1 aliphatic rings. The summed E-state index contributed by atoms with van der Waals surface area (Å²) in [5, 5.41) is 38.3. The number of carboxylic acid groups (broad SMARTS) is 1. The smallest absolute Gasteiger partial charge is 0.303 e. The second kappa shape index (κ2) is 10.6. The number of hydrogen-bond acceptors (Lipinski definition) is 4. The predicted molar refractivity (Wildman–Crippen MR) is 88.9 cm³/mol. The lowest BCUT2D eigenvalue weighted by Crippen LogP contribution is -2.20. The topological polar surface area (TPSA) is 98.0 Å². The van der Waals surface area contributed by atoms with Gasteiger partial charge in [-0.3, -0.25) is 4.79 Å². The number of carboxylic acids is 1. The highest BCUT2D eigenvalue weighted by atomic mass is 16.4. The third kappa shape index (κ3) is 7.29. The van der Waals surface area contributed by atoms with E-state index in [0.29, 0.717) is 19.3 Å². The first kappa shape index (κ1) is 19.9. The molecule has 1 aliphatic carbocycles. The molecule has 0 spiro atoms. The molecule has 0 heterocycles. The van der Waals surface area contributed by atoms with E-state index in [1.807, 2.05) is 25.2 Å². The Hall–Kier alpha value is -1.17. The first-order valence-corrected chi connectivity index (χ1v) is 8.55. The number of hydrogen-bond donors (Lipinski definition) is 4. The maximum Gasteiger partial charge on any atom is 0.303 e. The van der Waals surface area contributed by atoms with Crippen molar-refractivity contribution in [1.29, 1.82) is 0 Å². The van der Waals surface area contributed by atoms with Gasteiger partial charge in [-0.1, -0.05) is 37.6 Å². The lowest BCUT2D eigenvalue weighted by Gasteiger charge is -2.19. The number of aliphatic hydroxyl groups excluding tert-OH is 3. The molecule has 0 saturated heterocycles. The van der Waals surface area contributed by atoms with Crippen LogP contribution in [0.5, 0.6) is 0 Å². The molecule has 1 fully saturated rings. The van der Waals surface area contributed by atoms with E-state index in [0.717, 1.165) is 19.3 Å². The number of aliphatic carboxylic acids is 1. The summed E-state index contributed by atoms with van der Waals surface area (Å²) in [4.78, 5) is 10.4. The van der Waals surface area contributed by atoms with E-state index in [4.69, 9.17) is 5.11 Å². The minimum atomic E-state index is -0.765. The fourth-order valence-corrected chi connectivity index (χ4v) is 3.16. The van der Waals surface area contributed by atoms with Crippen molar-refractivity contribution >= 4 is 5.97 Å². The van der Waals surface area contributed by atoms with Crippen LogP contribution in [0.3, 0.4) is 0 Å². The second-order valence-corrected chi connectivity index (χ2v) is 6.32. The van der Waals surface area contributed by atoms with Crippen LogP contribution in [0, 0.1) is 11.8 Å². The maximum absolute atomic E-state index is 10.4. The molecule has 0 bridgehead atoms. The van der Waals surface area contributed by atoms with E-state index < -0.39 is 24.3 Å². The summed E-state index contributed by atoms with van der Waals surface area (Å²) in [5.74, 6) is -0.804. The molecule has 132 valence electrons. The number of allylic oxidation sites excluding steroid dienone is 1. The minimum Gasteiger partial charge on any atom is -0.481 e. The summed E-state index contributed by atoms with van der Waals surface area (Å²) >= 11 is 0. The summed E-state index contributed by atoms with van der Waals surface area (Å²) in [6.45, 7) is 2.00. The molecular weight excluding hydrogens is 296 g/mol. The fourth-order valence-electron chi connectivity index (χ4n) is 3.16. The highest BCUT2D eigenvalue weighted by molar-refractivity contribution is 5.66. The van der Waals surface area contributed by atoms with E-state index in [-0.39, 0.29) is 18.3 Å². The third-order valence-corrected chi connectivity index (χ3v) is 4.50. The average Bonchev–Trinajstić information content (AvgIpc) is 2.76. The van der Waals surface area contributed by atoms with Crippen molar-refractivity contribution < 1.29 is 25.2 Å². The van der Waals surface area contributed by atoms with Gasteiger partial charge in [-0.25, -0.2) is 0 Å². The van der Waals surface area contributed by atoms with E-state index in [1.54, 1.807) is 6.08 Å². The highest BCUT2D eigenvalue weighted by Gasteiger charge is 2.38. The standard InChI is InChI=1S/C18H30O5/c1-2-14-15(17(21)12-16(14)20)11-10-13(19)8-6-4-3-5-7-9-18(22)23/h4,6,10-11,13-17,19-21H,2-3,5,7-9,12H2,1H3,(H,22,23)/b6-4-,11-10+/t13-,14-,15+,16-,17+/m1/s1. The quantitative estimate of drug-likeness (QED) is 0.365. The third-order valence-electron chi connectivity index (χ3n) is 4.50. The van der Waals surface area contributed by atoms with Crippen LogP contribution in [0.4, 0.5) is 0 Å². The molecule has 0 aliphatic heterocycles. The molecule has 0 radical (unpaired) electrons. The van der Waals surface area contributed by atoms with Crippen LogP contribution in [-0.2, 0) is 4.79 Å². The van der Waals surface area contributed by atoms with Gasteiger partial charge in [0, 0.05) is 18.8 Å². The van der Waals surface area contributed by atoms with Crippen molar-refractivity contribution in [3.8, 4) is 0 Å². The van der Waals surface area contributed by atoms with Crippen LogP contribution in [0.1, 0.15) is 51.9 Å². The molecule has 1 saturated carbocycles. The van der Waals surface area contributed by atoms with E-state index >= 15 is 0 Å². The molecule has 23 heavy (non-hydrogen) atoms. The van der Waals surface area contributed by atoms with Gasteiger partial charge < -0.3 is 20.4 Å². The Balaban J connectivity index is 2.27. The normalized spacial score (nSPS) is 29.6. The zero-order chi connectivity index (χ0) is 17.2. The van der Waals surface area contributed by atoms with Gasteiger partial charge in [-0.2, -0.15) is 0 Å². The van der Waals surface area contributed by atoms with Gasteiger partial charge in [0.05, 0.1) is 18.3 Å². The van der Waals surface area contributed by atoms with Crippen molar-refractivity contribution in [1.82, 2.24) is 0 Å². The van der Waals surface area contributed by atoms with Gasteiger partial charge in [-0.15, -0.1) is 0 Å². The SMILES string of the molecule is CC[C@@H]1[C@H](/C=C/[C@H](O)C/C=C\CCCCC(=O)O)[C@@H](O)C[C@H]1O. The molecule has 5 nitrogen and oxygen atoms in total. The zero-order valence-electron chi connectivity index (χ0n) is 13.8. The molecule has 5 heteroatoms. The number of aliphatic hydroxyl groups is 3. The number of unbranched alkanes of at least 4 members (excludes halogenated alkanes) is 2. The lowest BCUT2D eigenvalue weighted by atomic mass is 9.90. The van der Waals surface area contributed by atoms with Crippen LogP contribution >= 0.6 is 0 Å². The summed E-state index contributed by atoms with van der Waals surface area (Å²) in [6.07, 6.45) is 10.0. The van der Waals surface area contributed by atoms with Crippen molar-refractivity contribution in [2.75, 3.05) is 0 Å². The van der Waals surface area contributed by atoms with Crippen LogP contribution < -0.4 is 0 Å². The van der Waals surface area contributed by atoms with Gasteiger partial charge in [0.15, 0.2) is 0 Å². The van der Waals surface area contributed by atoms with Crippen molar-refractivity contribution in [2.45, 2.75) is 70.2 Å². The first-order chi connectivity index (χ1) is 11.0. The van der Waals surface area contributed by atoms with Crippen LogP contribution in [0.25, 0.3) is 0 Å². The molecule has 0 amide bonds. The largest absolute Gasteiger partial charge is 0.481 e. The highest BCUT2D eigenvalue weighted by Crippen LogP contribution is 2.35. The molecule has 0 aromatic carbocycles. The monoisotopic (exact) mass is 326 g/mol. The summed E-state index contributed by atoms with van der Waals surface area (Å²) in [7, 11) is 0. The van der Waals surface area contributed by atoms with Crippen LogP contribution in [0.15, 0.2) is 24.3 Å². The zero-order valence-corrected chi connectivity index (χ0v) is 13.8. The summed E-state index contributed by atoms with van der Waals surface area (Å²) in [5.41, 5.74) is 0. The van der Waals surface area contributed by atoms with E-state index in [1.165, 1.54) is 0 Å². The van der Waals surface area contributed by atoms with Crippen molar-refractivity contribution in [3.63, 3.8) is 0 Å². The Morgan fingerprint density at radius 1 is 1.22 bits per heavy atom. The van der Waals surface area contributed by atoms with Gasteiger partial charge in [-0.05, 0) is 31.6 Å². The molecule has 4 N–H and O–H groups in total. The Bertz CT molecular complexity index is 404. The second-order valence-electron chi connectivity index (χ2n) is 6.32. The molecule has 0 aromatic rings. The summed E-state index contributed by atoms with van der Waals surface area (Å²) < 4.78 is 0. The first-order valence-electron chi connectivity index (χ1n) is 8.55. The van der Waals surface area contributed by atoms with E-state index in [9.17, 15) is 20.1 Å². The van der Waals surface area contributed by atoms with Crippen LogP contribution in [0.2, 0.25) is 0 Å². The predicted octanol–water partition coefficient (Wildman–Crippen LogP) is 2.26. The van der Waals surface area contributed by atoms with Gasteiger partial charge in [0.2, 0.25) is 0 Å². The fraction of sp³-hybridized carbons (Fsp3) is 0.722. The maximum atomic E-state index is 10.4.